The molecule has 9 heteroatoms. The fourth-order valence-electron chi connectivity index (χ4n) is 4.08. The molecule has 2 heterocycles. The van der Waals surface area contributed by atoms with Gasteiger partial charge in [0.1, 0.15) is 0 Å². The topological polar surface area (TPSA) is 111 Å². The van der Waals surface area contributed by atoms with Gasteiger partial charge in [0.2, 0.25) is 21.8 Å². The van der Waals surface area contributed by atoms with E-state index < -0.39 is 10.0 Å². The number of likely N-dealkylation sites (tertiary alicyclic amines) is 1. The van der Waals surface area contributed by atoms with E-state index in [1.165, 1.54) is 28.6 Å². The number of piperidine rings is 2. The number of benzene rings is 1. The molecule has 8 nitrogen and oxygen atoms in total. The van der Waals surface area contributed by atoms with Gasteiger partial charge in [-0.1, -0.05) is 6.92 Å². The van der Waals surface area contributed by atoms with Crippen molar-refractivity contribution in [2.75, 3.05) is 26.2 Å². The van der Waals surface area contributed by atoms with Crippen LogP contribution in [0.15, 0.2) is 29.2 Å². The number of carbonyl (C=O) groups is 2. The standard InChI is InChI=1S/C21H28N4O4S/c1-2-20(26)23-18-4-3-11-24(15-18)21(27)17-9-12-25(13-10-17)30(28,29)19-7-5-16(14-22)6-8-19/h5-8,17-18H,2-4,9-13,15H2,1H3,(H,23,26). The Bertz CT molecular complexity index is 915. The molecule has 0 aromatic heterocycles. The Balaban J connectivity index is 1.57. The van der Waals surface area contributed by atoms with Gasteiger partial charge in [-0.05, 0) is 49.9 Å². The maximum absolute atomic E-state index is 13.0. The summed E-state index contributed by atoms with van der Waals surface area (Å²) in [5.74, 6) is -0.144. The van der Waals surface area contributed by atoms with Gasteiger partial charge in [0.05, 0.1) is 16.5 Å². The monoisotopic (exact) mass is 432 g/mol. The van der Waals surface area contributed by atoms with E-state index in [4.69, 9.17) is 5.26 Å². The molecule has 2 amide bonds. The molecule has 2 aliphatic heterocycles. The molecule has 3 rings (SSSR count). The van der Waals surface area contributed by atoms with Gasteiger partial charge in [-0.15, -0.1) is 0 Å². The quantitative estimate of drug-likeness (QED) is 0.758. The highest BCUT2D eigenvalue weighted by Crippen LogP contribution is 2.26. The van der Waals surface area contributed by atoms with Gasteiger partial charge in [-0.2, -0.15) is 9.57 Å². The lowest BCUT2D eigenvalue weighted by Crippen LogP contribution is -2.52. The molecule has 1 unspecified atom stereocenters. The van der Waals surface area contributed by atoms with Gasteiger partial charge < -0.3 is 10.2 Å². The van der Waals surface area contributed by atoms with Crippen LogP contribution in [0.4, 0.5) is 0 Å². The van der Waals surface area contributed by atoms with Gasteiger partial charge in [0.15, 0.2) is 0 Å². The number of nitrogens with zero attached hydrogens (tertiary/aromatic N) is 3. The first-order chi connectivity index (χ1) is 14.3. The van der Waals surface area contributed by atoms with Gasteiger partial charge in [-0.3, -0.25) is 9.59 Å². The zero-order chi connectivity index (χ0) is 21.7. The first kappa shape index (κ1) is 22.2. The number of nitriles is 1. The molecular weight excluding hydrogens is 404 g/mol. The third-order valence-electron chi connectivity index (χ3n) is 5.84. The summed E-state index contributed by atoms with van der Waals surface area (Å²) in [6.07, 6.45) is 3.12. The molecular formula is C21H28N4O4S. The van der Waals surface area contributed by atoms with Gasteiger partial charge in [-0.25, -0.2) is 8.42 Å². The highest BCUT2D eigenvalue weighted by atomic mass is 32.2. The van der Waals surface area contributed by atoms with Crippen molar-refractivity contribution in [1.82, 2.24) is 14.5 Å². The molecule has 30 heavy (non-hydrogen) atoms. The third-order valence-corrected chi connectivity index (χ3v) is 7.76. The lowest BCUT2D eigenvalue weighted by molar-refractivity contribution is -0.138. The van der Waals surface area contributed by atoms with Crippen LogP contribution in [-0.4, -0.2) is 61.7 Å². The molecule has 2 aliphatic rings. The summed E-state index contributed by atoms with van der Waals surface area (Å²) in [5.41, 5.74) is 0.410. The summed E-state index contributed by atoms with van der Waals surface area (Å²) in [6.45, 7) is 3.60. The van der Waals surface area contributed by atoms with E-state index >= 15 is 0 Å². The van der Waals surface area contributed by atoms with Crippen LogP contribution in [0.3, 0.4) is 0 Å². The SMILES string of the molecule is CCC(=O)NC1CCCN(C(=O)C2CCN(S(=O)(=O)c3ccc(C#N)cc3)CC2)C1. The van der Waals surface area contributed by atoms with Crippen LogP contribution in [0.2, 0.25) is 0 Å². The van der Waals surface area contributed by atoms with Crippen molar-refractivity contribution in [3.8, 4) is 6.07 Å². The highest BCUT2D eigenvalue weighted by molar-refractivity contribution is 7.89. The van der Waals surface area contributed by atoms with Crippen molar-refractivity contribution in [3.63, 3.8) is 0 Å². The Morgan fingerprint density at radius 3 is 2.40 bits per heavy atom. The number of sulfonamides is 1. The van der Waals surface area contributed by atoms with E-state index in [0.29, 0.717) is 51.0 Å². The maximum Gasteiger partial charge on any atom is 0.243 e. The van der Waals surface area contributed by atoms with Gasteiger partial charge in [0.25, 0.3) is 0 Å². The van der Waals surface area contributed by atoms with E-state index in [9.17, 15) is 18.0 Å². The molecule has 0 radical (unpaired) electrons. The number of amides is 2. The van der Waals surface area contributed by atoms with Crippen LogP contribution < -0.4 is 5.32 Å². The summed E-state index contributed by atoms with van der Waals surface area (Å²) in [5, 5.41) is 11.8. The fourth-order valence-corrected chi connectivity index (χ4v) is 5.55. The Labute approximate surface area is 177 Å². The largest absolute Gasteiger partial charge is 0.352 e. The second-order valence-electron chi connectivity index (χ2n) is 7.86. The first-order valence-corrected chi connectivity index (χ1v) is 11.9. The second-order valence-corrected chi connectivity index (χ2v) is 9.80. The van der Waals surface area contributed by atoms with Crippen molar-refractivity contribution >= 4 is 21.8 Å². The van der Waals surface area contributed by atoms with Gasteiger partial charge in [0, 0.05) is 44.6 Å². The van der Waals surface area contributed by atoms with E-state index in [-0.39, 0.29) is 28.7 Å². The number of hydrogen-bond donors (Lipinski definition) is 1. The molecule has 2 fully saturated rings. The number of carbonyl (C=O) groups excluding carboxylic acids is 2. The van der Waals surface area contributed by atoms with E-state index in [1.807, 2.05) is 11.0 Å². The molecule has 0 spiro atoms. The normalized spacial score (nSPS) is 21.1. The highest BCUT2D eigenvalue weighted by Gasteiger charge is 2.35. The molecule has 2 saturated heterocycles. The van der Waals surface area contributed by atoms with Crippen LogP contribution in [-0.2, 0) is 19.6 Å². The molecule has 1 atom stereocenters. The van der Waals surface area contributed by atoms with Crippen molar-refractivity contribution in [1.29, 1.82) is 5.26 Å². The second kappa shape index (κ2) is 9.58. The Kier molecular flexibility index (Phi) is 7.10. The van der Waals surface area contributed by atoms with E-state index in [1.54, 1.807) is 6.92 Å². The number of rotatable bonds is 5. The summed E-state index contributed by atoms with van der Waals surface area (Å²) >= 11 is 0. The lowest BCUT2D eigenvalue weighted by atomic mass is 9.95. The minimum absolute atomic E-state index is 0.00406. The number of nitrogens with one attached hydrogen (secondary N) is 1. The molecule has 0 bridgehead atoms. The van der Waals surface area contributed by atoms with Crippen molar-refractivity contribution in [2.45, 2.75) is 50.0 Å². The maximum atomic E-state index is 13.0. The van der Waals surface area contributed by atoms with Crippen molar-refractivity contribution in [3.05, 3.63) is 29.8 Å². The minimum Gasteiger partial charge on any atom is -0.352 e. The van der Waals surface area contributed by atoms with Crippen LogP contribution in [0.5, 0.6) is 0 Å². The average Bonchev–Trinajstić information content (AvgIpc) is 2.78. The fraction of sp³-hybridized carbons (Fsp3) is 0.571. The summed E-state index contributed by atoms with van der Waals surface area (Å²) in [7, 11) is -3.63. The third kappa shape index (κ3) is 4.99. The number of hydrogen-bond acceptors (Lipinski definition) is 5. The van der Waals surface area contributed by atoms with Crippen LogP contribution >= 0.6 is 0 Å². The van der Waals surface area contributed by atoms with Crippen LogP contribution in [0, 0.1) is 17.2 Å². The summed E-state index contributed by atoms with van der Waals surface area (Å²) < 4.78 is 27.1. The average molecular weight is 433 g/mol. The molecule has 1 N–H and O–H groups in total. The lowest BCUT2D eigenvalue weighted by Gasteiger charge is -2.37. The predicted molar refractivity (Wildman–Crippen MR) is 111 cm³/mol. The smallest absolute Gasteiger partial charge is 0.243 e. The molecule has 1 aromatic rings. The van der Waals surface area contributed by atoms with Crippen LogP contribution in [0.25, 0.3) is 0 Å². The van der Waals surface area contributed by atoms with Crippen molar-refractivity contribution in [2.24, 2.45) is 5.92 Å². The Hall–Kier alpha value is -2.44. The van der Waals surface area contributed by atoms with Crippen LogP contribution in [0.1, 0.15) is 44.6 Å². The minimum atomic E-state index is -3.63. The zero-order valence-corrected chi connectivity index (χ0v) is 18.0. The van der Waals surface area contributed by atoms with Crippen molar-refractivity contribution < 1.29 is 18.0 Å². The Morgan fingerprint density at radius 2 is 1.80 bits per heavy atom. The molecule has 1 aromatic carbocycles. The predicted octanol–water partition coefficient (Wildman–Crippen LogP) is 1.48. The first-order valence-electron chi connectivity index (χ1n) is 10.4. The zero-order valence-electron chi connectivity index (χ0n) is 17.2. The van der Waals surface area contributed by atoms with Gasteiger partial charge >= 0.3 is 0 Å². The molecule has 0 aliphatic carbocycles. The summed E-state index contributed by atoms with van der Waals surface area (Å²) in [6, 6.07) is 7.85. The van der Waals surface area contributed by atoms with E-state index in [2.05, 4.69) is 5.32 Å². The summed E-state index contributed by atoms with van der Waals surface area (Å²) in [4.78, 5) is 26.6. The van der Waals surface area contributed by atoms with E-state index in [0.717, 1.165) is 12.8 Å². The molecule has 0 saturated carbocycles. The Morgan fingerprint density at radius 1 is 1.13 bits per heavy atom. The molecule has 162 valence electrons.